The average Bonchev–Trinajstić information content (AvgIpc) is 3.84. The van der Waals surface area contributed by atoms with E-state index in [1.165, 1.54) is 41.3 Å². The van der Waals surface area contributed by atoms with Gasteiger partial charge in [-0.1, -0.05) is 100 Å². The highest BCUT2D eigenvalue weighted by atomic mass is 32.2. The van der Waals surface area contributed by atoms with Crippen LogP contribution in [0.1, 0.15) is 82.9 Å². The molecule has 0 radical (unpaired) electrons. The molecule has 10 N–H and O–H groups in total. The lowest BCUT2D eigenvalue weighted by atomic mass is 10.00. The van der Waals surface area contributed by atoms with Gasteiger partial charge in [0.15, 0.2) is 0 Å². The molecule has 0 aromatic heterocycles. The van der Waals surface area contributed by atoms with E-state index < -0.39 is 90.8 Å². The van der Waals surface area contributed by atoms with Crippen LogP contribution < -0.4 is 31.9 Å². The third-order valence-corrected chi connectivity index (χ3v) is 12.6. The number of thioether (sulfide) groups is 1. The molecule has 1 aliphatic heterocycles. The summed E-state index contributed by atoms with van der Waals surface area (Å²) in [7, 11) is 0. The fourth-order valence-corrected chi connectivity index (χ4v) is 8.53. The summed E-state index contributed by atoms with van der Waals surface area (Å²) in [5.41, 5.74) is 2.00. The highest BCUT2D eigenvalue weighted by Gasteiger charge is 2.40. The Morgan fingerprint density at radius 3 is 1.69 bits per heavy atom. The predicted molar refractivity (Wildman–Crippen MR) is 266 cm³/mol. The van der Waals surface area contributed by atoms with Crippen molar-refractivity contribution < 1.29 is 58.8 Å². The molecule has 19 nitrogen and oxygen atoms in total. The van der Waals surface area contributed by atoms with Crippen LogP contribution in [0.15, 0.2) is 78.9 Å². The normalized spacial score (nSPS) is 15.4. The van der Waals surface area contributed by atoms with Crippen LogP contribution in [-0.4, -0.2) is 134 Å². The van der Waals surface area contributed by atoms with Gasteiger partial charge in [-0.15, -0.1) is 0 Å². The Balaban J connectivity index is 1.47. The van der Waals surface area contributed by atoms with Crippen molar-refractivity contribution in [1.29, 1.82) is 0 Å². The van der Waals surface area contributed by atoms with E-state index in [9.17, 15) is 58.8 Å². The average molecular weight is 1000 g/mol. The summed E-state index contributed by atoms with van der Waals surface area (Å²) in [5, 5.41) is 55.4. The molecule has 0 saturated carbocycles. The predicted octanol–water partition coefficient (Wildman–Crippen LogP) is 1.73. The first-order valence-corrected chi connectivity index (χ1v) is 24.9. The lowest BCUT2D eigenvalue weighted by molar-refractivity contribution is -0.143. The van der Waals surface area contributed by atoms with Gasteiger partial charge in [0, 0.05) is 31.6 Å². The summed E-state index contributed by atoms with van der Waals surface area (Å²) in [6, 6.07) is 13.1. The number of carbonyl (C=O) groups is 8. The van der Waals surface area contributed by atoms with Gasteiger partial charge in [0.05, 0.1) is 19.8 Å². The lowest BCUT2D eigenvalue weighted by Gasteiger charge is -2.31. The number of aromatic hydroxyl groups is 2. The Kier molecular flexibility index (Phi) is 23.3. The summed E-state index contributed by atoms with van der Waals surface area (Å²) < 4.78 is 0. The number of carbonyl (C=O) groups excluding carboxylic acids is 8. The Morgan fingerprint density at radius 2 is 1.14 bits per heavy atom. The molecule has 6 atom stereocenters. The molecule has 1 aliphatic rings. The Labute approximate surface area is 418 Å². The Bertz CT molecular complexity index is 2250. The van der Waals surface area contributed by atoms with E-state index in [-0.39, 0.29) is 67.7 Å². The fraction of sp³-hybridized carbons (Fsp3) is 0.490. The standard InChI is InChI=1S/C51H69N7O12S/c1-31(2)10-8-14-44(63)53-38(25-33-15-19-36(61)20-16-33)47(66)56-42(29-60)49(68)54-39(26-34-17-21-37(62)22-18-34)48(67)55-40(24-32(3)4)51(70)58-23-9-13-43(58)50(69)57-41(28-59)46(65)52-27-45(64)71-30-35-11-6-5-7-12-35/h5-7,11-12,15-22,31-32,38-43,59-62H,8-10,13-14,23-30H2,1-4H3,(H,52,65)(H,53,63)(H,54,68)(H,55,67)(H,56,66)(H,57,69)/t38-,39-,40+,41-,42+,43-/m0/s1. The molecule has 0 bridgehead atoms. The zero-order valence-corrected chi connectivity index (χ0v) is 41.5. The van der Waals surface area contributed by atoms with Gasteiger partial charge in [0.1, 0.15) is 47.8 Å². The molecule has 3 aromatic carbocycles. The number of aliphatic hydroxyl groups is 2. The molecule has 0 spiro atoms. The number of nitrogens with one attached hydrogen (secondary N) is 6. The van der Waals surface area contributed by atoms with E-state index in [4.69, 9.17) is 0 Å². The number of likely N-dealkylation sites (tertiary alicyclic amines) is 1. The topological polar surface area (TPSA) is 293 Å². The molecule has 1 heterocycles. The summed E-state index contributed by atoms with van der Waals surface area (Å²) in [6.45, 7) is 5.78. The highest BCUT2D eigenvalue weighted by Crippen LogP contribution is 2.22. The smallest absolute Gasteiger partial charge is 0.245 e. The lowest BCUT2D eigenvalue weighted by Crippen LogP contribution is -2.60. The van der Waals surface area contributed by atoms with E-state index >= 15 is 0 Å². The SMILES string of the molecule is CC(C)CCCC(=O)N[C@@H](Cc1ccc(O)cc1)C(=O)N[C@H](CO)C(=O)N[C@@H](Cc1ccc(O)cc1)C(=O)N[C@H](CC(C)C)C(=O)N1CCC[C@H]1C(=O)N[C@@H](CO)C(=O)NCC(=O)SCc1ccccc1. The number of rotatable bonds is 27. The zero-order chi connectivity index (χ0) is 52.0. The third-order valence-electron chi connectivity index (χ3n) is 11.7. The van der Waals surface area contributed by atoms with Crippen molar-refractivity contribution in [1.82, 2.24) is 36.8 Å². The molecule has 71 heavy (non-hydrogen) atoms. The minimum absolute atomic E-state index is 0.00489. The Hall–Kier alpha value is -6.51. The van der Waals surface area contributed by atoms with E-state index in [0.29, 0.717) is 35.6 Å². The van der Waals surface area contributed by atoms with Gasteiger partial charge >= 0.3 is 0 Å². The summed E-state index contributed by atoms with van der Waals surface area (Å²) >= 11 is 1.00. The van der Waals surface area contributed by atoms with Gasteiger partial charge in [-0.05, 0) is 78.5 Å². The van der Waals surface area contributed by atoms with Crippen molar-refractivity contribution in [3.63, 3.8) is 0 Å². The summed E-state index contributed by atoms with van der Waals surface area (Å²) in [5.74, 6) is -4.60. The first-order valence-electron chi connectivity index (χ1n) is 23.9. The second-order valence-electron chi connectivity index (χ2n) is 18.4. The van der Waals surface area contributed by atoms with Gasteiger partial charge in [0.25, 0.3) is 0 Å². The van der Waals surface area contributed by atoms with E-state index in [1.54, 1.807) is 12.1 Å². The van der Waals surface area contributed by atoms with Crippen LogP contribution in [0.25, 0.3) is 0 Å². The first-order chi connectivity index (χ1) is 33.9. The van der Waals surface area contributed by atoms with E-state index in [1.807, 2.05) is 58.0 Å². The van der Waals surface area contributed by atoms with Crippen LogP contribution in [0, 0.1) is 11.8 Å². The molecule has 386 valence electrons. The quantitative estimate of drug-likeness (QED) is 0.0522. The summed E-state index contributed by atoms with van der Waals surface area (Å²) in [4.78, 5) is 110. The van der Waals surface area contributed by atoms with Gasteiger partial charge in [-0.3, -0.25) is 38.4 Å². The second kappa shape index (κ2) is 29.0. The number of hydrogen-bond acceptors (Lipinski definition) is 13. The van der Waals surface area contributed by atoms with Crippen LogP contribution in [-0.2, 0) is 57.0 Å². The van der Waals surface area contributed by atoms with Crippen molar-refractivity contribution in [2.24, 2.45) is 11.8 Å². The van der Waals surface area contributed by atoms with Crippen molar-refractivity contribution in [2.75, 3.05) is 26.3 Å². The summed E-state index contributed by atoms with van der Waals surface area (Å²) in [6.07, 6.45) is 2.03. The zero-order valence-electron chi connectivity index (χ0n) is 40.7. The van der Waals surface area contributed by atoms with Crippen molar-refractivity contribution >= 4 is 58.2 Å². The minimum atomic E-state index is -1.61. The van der Waals surface area contributed by atoms with Crippen LogP contribution in [0.5, 0.6) is 11.5 Å². The van der Waals surface area contributed by atoms with Crippen molar-refractivity contribution in [2.45, 2.75) is 121 Å². The number of hydrogen-bond donors (Lipinski definition) is 10. The second-order valence-corrected chi connectivity index (χ2v) is 19.5. The first kappa shape index (κ1) is 57.1. The fourth-order valence-electron chi connectivity index (χ4n) is 7.83. The number of aliphatic hydroxyl groups excluding tert-OH is 2. The third kappa shape index (κ3) is 19.3. The molecule has 7 amide bonds. The maximum absolute atomic E-state index is 14.4. The number of amides is 7. The minimum Gasteiger partial charge on any atom is -0.508 e. The molecule has 0 aliphatic carbocycles. The Morgan fingerprint density at radius 1 is 0.620 bits per heavy atom. The molecule has 1 fully saturated rings. The van der Waals surface area contributed by atoms with Crippen LogP contribution in [0.2, 0.25) is 0 Å². The van der Waals surface area contributed by atoms with Gasteiger partial charge in [-0.25, -0.2) is 0 Å². The van der Waals surface area contributed by atoms with Crippen LogP contribution >= 0.6 is 11.8 Å². The van der Waals surface area contributed by atoms with Gasteiger partial charge in [-0.2, -0.15) is 0 Å². The molecule has 3 aromatic rings. The molecular formula is C51H69N7O12S. The molecule has 4 rings (SSSR count). The van der Waals surface area contributed by atoms with Gasteiger partial charge < -0.3 is 57.2 Å². The number of phenols is 2. The number of benzene rings is 3. The maximum Gasteiger partial charge on any atom is 0.245 e. The monoisotopic (exact) mass is 1000 g/mol. The van der Waals surface area contributed by atoms with E-state index in [0.717, 1.165) is 23.7 Å². The molecule has 20 heteroatoms. The van der Waals surface area contributed by atoms with Crippen molar-refractivity contribution in [3.8, 4) is 11.5 Å². The van der Waals surface area contributed by atoms with Crippen LogP contribution in [0.3, 0.4) is 0 Å². The molecule has 0 unspecified atom stereocenters. The van der Waals surface area contributed by atoms with Gasteiger partial charge in [0.2, 0.25) is 46.5 Å². The molecular weight excluding hydrogens is 935 g/mol. The van der Waals surface area contributed by atoms with Crippen LogP contribution in [0.4, 0.5) is 0 Å². The number of phenolic OH excluding ortho intramolecular Hbond substituents is 2. The largest absolute Gasteiger partial charge is 0.508 e. The maximum atomic E-state index is 14.4. The highest BCUT2D eigenvalue weighted by molar-refractivity contribution is 8.13. The number of nitrogens with zero attached hydrogens (tertiary/aromatic N) is 1. The molecule has 1 saturated heterocycles. The van der Waals surface area contributed by atoms with E-state index in [2.05, 4.69) is 31.9 Å². The van der Waals surface area contributed by atoms with Crippen molar-refractivity contribution in [3.05, 3.63) is 95.6 Å².